The van der Waals surface area contributed by atoms with Gasteiger partial charge in [0.15, 0.2) is 0 Å². The normalized spacial score (nSPS) is 12.8. The van der Waals surface area contributed by atoms with Gasteiger partial charge >= 0.3 is 5.97 Å². The number of carboxylic acids is 1. The number of fused-ring (bicyclic) bond motifs is 1. The summed E-state index contributed by atoms with van der Waals surface area (Å²) in [6.45, 7) is 2.08. The van der Waals surface area contributed by atoms with Gasteiger partial charge in [-0.3, -0.25) is 14.4 Å². The van der Waals surface area contributed by atoms with Crippen molar-refractivity contribution in [3.8, 4) is 0 Å². The molecular weight excluding hydrogens is 304 g/mol. The van der Waals surface area contributed by atoms with Gasteiger partial charge < -0.3 is 15.7 Å². The van der Waals surface area contributed by atoms with Crippen LogP contribution in [0.3, 0.4) is 0 Å². The molecule has 1 aliphatic rings. The molecule has 6 nitrogen and oxygen atoms in total. The van der Waals surface area contributed by atoms with Crippen LogP contribution in [-0.2, 0) is 22.4 Å². The minimum absolute atomic E-state index is 0.0292. The second-order valence-electron chi connectivity index (χ2n) is 5.22. The number of carbonyl (C=O) groups excluding carboxylic acids is 2. The Bertz CT molecular complexity index is 595. The monoisotopic (exact) mass is 324 g/mol. The molecule has 0 unspecified atom stereocenters. The summed E-state index contributed by atoms with van der Waals surface area (Å²) in [6.07, 6.45) is 3.61. The fraction of sp³-hybridized carbons (Fsp3) is 0.533. The zero-order valence-electron chi connectivity index (χ0n) is 12.5. The number of rotatable bonds is 7. The van der Waals surface area contributed by atoms with Crippen LogP contribution in [0, 0.1) is 0 Å². The molecule has 0 saturated heterocycles. The lowest BCUT2D eigenvalue weighted by atomic mass is 10.1. The van der Waals surface area contributed by atoms with E-state index in [1.54, 1.807) is 6.92 Å². The molecule has 120 valence electrons. The first kappa shape index (κ1) is 16.5. The van der Waals surface area contributed by atoms with Gasteiger partial charge in [-0.15, -0.1) is 11.3 Å². The molecule has 0 atom stereocenters. The van der Waals surface area contributed by atoms with Crippen LogP contribution in [0.5, 0.6) is 0 Å². The molecule has 0 fully saturated rings. The minimum atomic E-state index is -0.874. The average molecular weight is 324 g/mol. The first-order valence-electron chi connectivity index (χ1n) is 7.47. The van der Waals surface area contributed by atoms with Gasteiger partial charge in [-0.1, -0.05) is 6.92 Å². The second-order valence-corrected chi connectivity index (χ2v) is 6.32. The zero-order valence-corrected chi connectivity index (χ0v) is 13.3. The van der Waals surface area contributed by atoms with Crippen LogP contribution >= 0.6 is 11.3 Å². The molecule has 1 aromatic heterocycles. The number of aryl methyl sites for hydroxylation is 1. The quantitative estimate of drug-likeness (QED) is 0.670. The van der Waals surface area contributed by atoms with Crippen molar-refractivity contribution in [3.05, 3.63) is 16.0 Å². The Kier molecular flexibility index (Phi) is 5.54. The van der Waals surface area contributed by atoms with Gasteiger partial charge in [-0.25, -0.2) is 0 Å². The summed E-state index contributed by atoms with van der Waals surface area (Å²) in [4.78, 5) is 35.7. The van der Waals surface area contributed by atoms with Crippen molar-refractivity contribution in [3.63, 3.8) is 0 Å². The Labute approximate surface area is 132 Å². The standard InChI is InChI=1S/C15H20N2O4S/c1-2-11(18)17-15-13(9-5-3-6-10(9)22-15)14(21)16-8-4-7-12(19)20/h2-8H2,1H3,(H,16,21)(H,17,18)(H,19,20). The number of nitrogens with one attached hydrogen (secondary N) is 2. The number of carbonyl (C=O) groups is 3. The Morgan fingerprint density at radius 1 is 1.27 bits per heavy atom. The van der Waals surface area contributed by atoms with Crippen LogP contribution < -0.4 is 10.6 Å². The van der Waals surface area contributed by atoms with E-state index in [0.717, 1.165) is 24.8 Å². The van der Waals surface area contributed by atoms with E-state index in [0.29, 0.717) is 30.0 Å². The number of hydrogen-bond donors (Lipinski definition) is 3. The molecule has 1 heterocycles. The minimum Gasteiger partial charge on any atom is -0.481 e. The van der Waals surface area contributed by atoms with Gasteiger partial charge in [-0.05, 0) is 31.2 Å². The maximum absolute atomic E-state index is 12.4. The molecular formula is C15H20N2O4S. The van der Waals surface area contributed by atoms with Crippen molar-refractivity contribution in [2.75, 3.05) is 11.9 Å². The van der Waals surface area contributed by atoms with E-state index in [4.69, 9.17) is 5.11 Å². The summed E-state index contributed by atoms with van der Waals surface area (Å²) in [5.74, 6) is -1.21. The third-order valence-corrected chi connectivity index (χ3v) is 4.78. The van der Waals surface area contributed by atoms with Crippen LogP contribution in [-0.4, -0.2) is 29.4 Å². The summed E-state index contributed by atoms with van der Waals surface area (Å²) in [7, 11) is 0. The number of amides is 2. The number of thiophene rings is 1. The van der Waals surface area contributed by atoms with Gasteiger partial charge in [0.2, 0.25) is 5.91 Å². The molecule has 0 aliphatic heterocycles. The van der Waals surface area contributed by atoms with Crippen LogP contribution in [0.4, 0.5) is 5.00 Å². The molecule has 0 spiro atoms. The third-order valence-electron chi connectivity index (χ3n) is 3.58. The Morgan fingerprint density at radius 2 is 2.05 bits per heavy atom. The van der Waals surface area contributed by atoms with Gasteiger partial charge in [0.25, 0.3) is 5.91 Å². The second kappa shape index (κ2) is 7.40. The predicted molar refractivity (Wildman–Crippen MR) is 84.5 cm³/mol. The lowest BCUT2D eigenvalue weighted by Crippen LogP contribution is -2.26. The van der Waals surface area contributed by atoms with Crippen LogP contribution in [0.15, 0.2) is 0 Å². The largest absolute Gasteiger partial charge is 0.481 e. The van der Waals surface area contributed by atoms with E-state index in [1.807, 2.05) is 0 Å². The number of anilines is 1. The number of aliphatic carboxylic acids is 1. The highest BCUT2D eigenvalue weighted by atomic mass is 32.1. The van der Waals surface area contributed by atoms with E-state index < -0.39 is 5.97 Å². The fourth-order valence-electron chi connectivity index (χ4n) is 2.48. The Hall–Kier alpha value is -1.89. The molecule has 22 heavy (non-hydrogen) atoms. The van der Waals surface area contributed by atoms with Crippen molar-refractivity contribution in [2.45, 2.75) is 45.4 Å². The van der Waals surface area contributed by atoms with Crippen molar-refractivity contribution in [1.29, 1.82) is 0 Å². The molecule has 0 saturated carbocycles. The number of carboxylic acid groups (broad SMARTS) is 1. The van der Waals surface area contributed by atoms with E-state index in [1.165, 1.54) is 16.2 Å². The molecule has 0 radical (unpaired) electrons. The maximum atomic E-state index is 12.4. The Balaban J connectivity index is 2.08. The van der Waals surface area contributed by atoms with Crippen LogP contribution in [0.25, 0.3) is 0 Å². The van der Waals surface area contributed by atoms with E-state index in [9.17, 15) is 14.4 Å². The topological polar surface area (TPSA) is 95.5 Å². The molecule has 1 aromatic rings. The van der Waals surface area contributed by atoms with Crippen molar-refractivity contribution >= 4 is 34.1 Å². The molecule has 1 aliphatic carbocycles. The molecule has 0 aromatic carbocycles. The lowest BCUT2D eigenvalue weighted by molar-refractivity contribution is -0.137. The van der Waals surface area contributed by atoms with Crippen LogP contribution in [0.2, 0.25) is 0 Å². The van der Waals surface area contributed by atoms with E-state index >= 15 is 0 Å². The molecule has 7 heteroatoms. The summed E-state index contributed by atoms with van der Waals surface area (Å²) >= 11 is 1.48. The molecule has 2 rings (SSSR count). The van der Waals surface area contributed by atoms with Crippen molar-refractivity contribution in [2.24, 2.45) is 0 Å². The SMILES string of the molecule is CCC(=O)Nc1sc2c(c1C(=O)NCCCC(=O)O)CCC2. The highest BCUT2D eigenvalue weighted by Crippen LogP contribution is 2.39. The first-order valence-corrected chi connectivity index (χ1v) is 8.29. The summed E-state index contributed by atoms with van der Waals surface area (Å²) in [5.41, 5.74) is 1.60. The molecule has 3 N–H and O–H groups in total. The maximum Gasteiger partial charge on any atom is 0.303 e. The predicted octanol–water partition coefficient (Wildman–Crippen LogP) is 2.18. The number of hydrogen-bond acceptors (Lipinski definition) is 4. The summed E-state index contributed by atoms with van der Waals surface area (Å²) in [6, 6.07) is 0. The smallest absolute Gasteiger partial charge is 0.303 e. The lowest BCUT2D eigenvalue weighted by Gasteiger charge is -2.08. The molecule has 2 amide bonds. The summed E-state index contributed by atoms with van der Waals surface area (Å²) < 4.78 is 0. The fourth-order valence-corrected chi connectivity index (χ4v) is 3.78. The first-order chi connectivity index (χ1) is 10.5. The van der Waals surface area contributed by atoms with Crippen molar-refractivity contribution < 1.29 is 19.5 Å². The summed E-state index contributed by atoms with van der Waals surface area (Å²) in [5, 5.41) is 14.8. The van der Waals surface area contributed by atoms with Gasteiger partial charge in [-0.2, -0.15) is 0 Å². The van der Waals surface area contributed by atoms with E-state index in [-0.39, 0.29) is 18.2 Å². The zero-order chi connectivity index (χ0) is 16.1. The average Bonchev–Trinajstić information content (AvgIpc) is 3.03. The van der Waals surface area contributed by atoms with Crippen molar-refractivity contribution in [1.82, 2.24) is 5.32 Å². The van der Waals surface area contributed by atoms with Gasteiger partial charge in [0.05, 0.1) is 5.56 Å². The Morgan fingerprint density at radius 3 is 2.73 bits per heavy atom. The van der Waals surface area contributed by atoms with Crippen LogP contribution in [0.1, 0.15) is 53.4 Å². The van der Waals surface area contributed by atoms with Gasteiger partial charge in [0.1, 0.15) is 5.00 Å². The van der Waals surface area contributed by atoms with Gasteiger partial charge in [0, 0.05) is 24.3 Å². The highest BCUT2D eigenvalue weighted by Gasteiger charge is 2.27. The third kappa shape index (κ3) is 3.85. The molecule has 0 bridgehead atoms. The highest BCUT2D eigenvalue weighted by molar-refractivity contribution is 7.17. The van der Waals surface area contributed by atoms with E-state index in [2.05, 4.69) is 10.6 Å².